The second kappa shape index (κ2) is 8.55. The van der Waals surface area contributed by atoms with Crippen molar-refractivity contribution in [3.63, 3.8) is 0 Å². The van der Waals surface area contributed by atoms with Crippen LogP contribution in [0.1, 0.15) is 47.0 Å². The van der Waals surface area contributed by atoms with Crippen molar-refractivity contribution in [3.8, 4) is 0 Å². The summed E-state index contributed by atoms with van der Waals surface area (Å²) in [4.78, 5) is 34.9. The molecule has 4 rings (SSSR count). The van der Waals surface area contributed by atoms with Crippen LogP contribution in [0, 0.1) is 6.92 Å². The van der Waals surface area contributed by atoms with Gasteiger partial charge in [0.15, 0.2) is 0 Å². The molecule has 0 aliphatic carbocycles. The molecule has 2 aliphatic heterocycles. The fraction of sp³-hybridized carbons (Fsp3) is 0.500. The zero-order valence-electron chi connectivity index (χ0n) is 17.9. The van der Waals surface area contributed by atoms with E-state index in [1.165, 1.54) is 4.31 Å². The summed E-state index contributed by atoms with van der Waals surface area (Å²) in [5.74, 6) is 0.656. The minimum atomic E-state index is -3.35. The molecular formula is C22H28N4O4S. The number of carbonyl (C=O) groups excluding carboxylic acids is 1. The number of H-pyrrole nitrogens is 1. The number of carbonyl (C=O) groups is 1. The summed E-state index contributed by atoms with van der Waals surface area (Å²) in [6, 6.07) is 7.98. The number of aromatic nitrogens is 2. The van der Waals surface area contributed by atoms with Crippen molar-refractivity contribution < 1.29 is 13.2 Å². The Labute approximate surface area is 182 Å². The number of hydrogen-bond donors (Lipinski definition) is 1. The quantitative estimate of drug-likeness (QED) is 0.767. The van der Waals surface area contributed by atoms with Gasteiger partial charge in [0.25, 0.3) is 5.56 Å². The van der Waals surface area contributed by atoms with Crippen molar-refractivity contribution in [1.29, 1.82) is 0 Å². The van der Waals surface area contributed by atoms with E-state index in [1.807, 2.05) is 36.1 Å². The van der Waals surface area contributed by atoms with Gasteiger partial charge < -0.3 is 9.88 Å². The Morgan fingerprint density at radius 3 is 2.68 bits per heavy atom. The summed E-state index contributed by atoms with van der Waals surface area (Å²) in [6.45, 7) is 3.64. The van der Waals surface area contributed by atoms with Crippen LogP contribution in [0.15, 0.2) is 29.1 Å². The van der Waals surface area contributed by atoms with Gasteiger partial charge in [0.05, 0.1) is 23.9 Å². The molecule has 3 heterocycles. The number of likely N-dealkylation sites (tertiary alicyclic amines) is 1. The highest BCUT2D eigenvalue weighted by Gasteiger charge is 2.30. The third-order valence-corrected chi connectivity index (χ3v) is 7.41. The Bertz CT molecular complexity index is 1140. The molecule has 1 aromatic heterocycles. The van der Waals surface area contributed by atoms with Gasteiger partial charge in [-0.2, -0.15) is 4.31 Å². The van der Waals surface area contributed by atoms with E-state index in [-0.39, 0.29) is 23.9 Å². The normalized spacial score (nSPS) is 19.8. The lowest BCUT2D eigenvalue weighted by Gasteiger charge is -2.33. The highest BCUT2D eigenvalue weighted by Crippen LogP contribution is 2.26. The third kappa shape index (κ3) is 4.88. The van der Waals surface area contributed by atoms with E-state index in [4.69, 9.17) is 0 Å². The molecule has 1 fully saturated rings. The Balaban J connectivity index is 1.48. The number of benzene rings is 1. The Kier molecular flexibility index (Phi) is 5.98. The maximum absolute atomic E-state index is 12.8. The van der Waals surface area contributed by atoms with Gasteiger partial charge in [-0.3, -0.25) is 9.59 Å². The van der Waals surface area contributed by atoms with E-state index in [0.717, 1.165) is 30.2 Å². The van der Waals surface area contributed by atoms with Gasteiger partial charge >= 0.3 is 0 Å². The topological polar surface area (TPSA) is 103 Å². The first-order valence-electron chi connectivity index (χ1n) is 10.6. The number of nitrogens with zero attached hydrogens (tertiary/aromatic N) is 3. The minimum absolute atomic E-state index is 0.0262. The lowest BCUT2D eigenvalue weighted by Crippen LogP contribution is -2.42. The van der Waals surface area contributed by atoms with Crippen LogP contribution in [0.3, 0.4) is 0 Å². The number of aryl methyl sites for hydroxylation is 1. The Hall–Kier alpha value is -2.52. The largest absolute Gasteiger partial charge is 0.342 e. The fourth-order valence-electron chi connectivity index (χ4n) is 4.32. The van der Waals surface area contributed by atoms with E-state index in [0.29, 0.717) is 49.6 Å². The van der Waals surface area contributed by atoms with E-state index in [2.05, 4.69) is 9.97 Å². The number of nitrogens with one attached hydrogen (secondary N) is 1. The average Bonchev–Trinajstić information content (AvgIpc) is 2.74. The van der Waals surface area contributed by atoms with Crippen LogP contribution in [0.4, 0.5) is 0 Å². The molecule has 1 unspecified atom stereocenters. The lowest BCUT2D eigenvalue weighted by atomic mass is 9.96. The molecule has 31 heavy (non-hydrogen) atoms. The van der Waals surface area contributed by atoms with Crippen LogP contribution in [-0.4, -0.2) is 59.4 Å². The monoisotopic (exact) mass is 444 g/mol. The van der Waals surface area contributed by atoms with E-state index in [1.54, 1.807) is 0 Å². The van der Waals surface area contributed by atoms with Crippen LogP contribution >= 0.6 is 0 Å². The number of piperidine rings is 1. The Morgan fingerprint density at radius 1 is 1.23 bits per heavy atom. The number of fused-ring (bicyclic) bond motifs is 1. The van der Waals surface area contributed by atoms with Crippen LogP contribution < -0.4 is 5.56 Å². The zero-order chi connectivity index (χ0) is 22.2. The standard InChI is InChI=1S/C22H28N4O4S/c1-15-5-7-16(8-6-15)12-20(27)25-10-3-4-17(13-25)21-23-19-9-11-26(31(2,29)30)14-18(19)22(28)24-21/h5-8,17H,3-4,9-14H2,1-2H3,(H,23,24,28). The van der Waals surface area contributed by atoms with Gasteiger partial charge in [0, 0.05) is 38.5 Å². The summed E-state index contributed by atoms with van der Waals surface area (Å²) in [5.41, 5.74) is 2.96. The van der Waals surface area contributed by atoms with Crippen molar-refractivity contribution in [2.75, 3.05) is 25.9 Å². The molecule has 0 spiro atoms. The fourth-order valence-corrected chi connectivity index (χ4v) is 5.10. The average molecular weight is 445 g/mol. The molecule has 1 saturated heterocycles. The summed E-state index contributed by atoms with van der Waals surface area (Å²) in [6.07, 6.45) is 3.64. The first-order valence-corrected chi connectivity index (χ1v) is 12.5. The van der Waals surface area contributed by atoms with Crippen molar-refractivity contribution in [2.45, 2.75) is 45.1 Å². The number of rotatable bonds is 4. The van der Waals surface area contributed by atoms with Crippen molar-refractivity contribution in [1.82, 2.24) is 19.2 Å². The van der Waals surface area contributed by atoms with Gasteiger partial charge in [-0.1, -0.05) is 29.8 Å². The molecule has 0 bridgehead atoms. The summed E-state index contributed by atoms with van der Waals surface area (Å²) < 4.78 is 25.0. The van der Waals surface area contributed by atoms with Gasteiger partial charge in [-0.25, -0.2) is 13.4 Å². The van der Waals surface area contributed by atoms with Crippen LogP contribution in [0.25, 0.3) is 0 Å². The molecule has 0 saturated carbocycles. The molecule has 166 valence electrons. The molecule has 0 radical (unpaired) electrons. The molecule has 9 heteroatoms. The molecule has 1 N–H and O–H groups in total. The third-order valence-electron chi connectivity index (χ3n) is 6.16. The number of amides is 1. The summed E-state index contributed by atoms with van der Waals surface area (Å²) >= 11 is 0. The second-order valence-electron chi connectivity index (χ2n) is 8.56. The molecule has 8 nitrogen and oxygen atoms in total. The highest BCUT2D eigenvalue weighted by atomic mass is 32.2. The first kappa shape index (κ1) is 21.7. The highest BCUT2D eigenvalue weighted by molar-refractivity contribution is 7.88. The number of aromatic amines is 1. The van der Waals surface area contributed by atoms with E-state index < -0.39 is 10.0 Å². The van der Waals surface area contributed by atoms with Crippen molar-refractivity contribution in [3.05, 3.63) is 62.8 Å². The lowest BCUT2D eigenvalue weighted by molar-refractivity contribution is -0.131. The smallest absolute Gasteiger partial charge is 0.255 e. The summed E-state index contributed by atoms with van der Waals surface area (Å²) in [5, 5.41) is 0. The number of hydrogen-bond acceptors (Lipinski definition) is 5. The molecular weight excluding hydrogens is 416 g/mol. The first-order chi connectivity index (χ1) is 14.7. The van der Waals surface area contributed by atoms with Crippen LogP contribution in [-0.2, 0) is 34.2 Å². The maximum atomic E-state index is 12.8. The molecule has 1 amide bonds. The SMILES string of the molecule is Cc1ccc(CC(=O)N2CCCC(c3nc4c(c(=O)[nH]3)CN(S(C)(=O)=O)CC4)C2)cc1. The predicted octanol–water partition coefficient (Wildman–Crippen LogP) is 1.34. The van der Waals surface area contributed by atoms with Gasteiger partial charge in [0.1, 0.15) is 5.82 Å². The Morgan fingerprint density at radius 2 is 1.97 bits per heavy atom. The molecule has 1 atom stereocenters. The van der Waals surface area contributed by atoms with Crippen molar-refractivity contribution >= 4 is 15.9 Å². The van der Waals surface area contributed by atoms with Crippen LogP contribution in [0.5, 0.6) is 0 Å². The van der Waals surface area contributed by atoms with Gasteiger partial charge in [-0.05, 0) is 25.3 Å². The molecule has 2 aromatic rings. The van der Waals surface area contributed by atoms with Gasteiger partial charge in [0.2, 0.25) is 15.9 Å². The predicted molar refractivity (Wildman–Crippen MR) is 117 cm³/mol. The molecule has 2 aliphatic rings. The van der Waals surface area contributed by atoms with E-state index in [9.17, 15) is 18.0 Å². The minimum Gasteiger partial charge on any atom is -0.342 e. The maximum Gasteiger partial charge on any atom is 0.255 e. The summed E-state index contributed by atoms with van der Waals surface area (Å²) in [7, 11) is -3.35. The van der Waals surface area contributed by atoms with E-state index >= 15 is 0 Å². The molecule has 1 aromatic carbocycles. The second-order valence-corrected chi connectivity index (χ2v) is 10.5. The van der Waals surface area contributed by atoms with Gasteiger partial charge in [-0.15, -0.1) is 0 Å². The zero-order valence-corrected chi connectivity index (χ0v) is 18.7. The van der Waals surface area contributed by atoms with Crippen LogP contribution in [0.2, 0.25) is 0 Å². The van der Waals surface area contributed by atoms with Crippen molar-refractivity contribution in [2.24, 2.45) is 0 Å². The number of sulfonamides is 1.